The first kappa shape index (κ1) is 4.81. The molecule has 1 aliphatic rings. The molecule has 0 aromatic carbocycles. The molecular weight excluding hydrogens is 118 g/mol. The zero-order valence-electron chi connectivity index (χ0n) is 4.82. The van der Waals surface area contributed by atoms with E-state index < -0.39 is 0 Å². The lowest BCUT2D eigenvalue weighted by Gasteiger charge is -1.82. The third-order valence-electron chi connectivity index (χ3n) is 1.50. The predicted octanol–water partition coefficient (Wildman–Crippen LogP) is -0.694. The number of hydrogen-bond donors (Lipinski definition) is 3. The van der Waals surface area contributed by atoms with Crippen LogP contribution in [0, 0.1) is 0 Å². The van der Waals surface area contributed by atoms with Crippen molar-refractivity contribution in [3.8, 4) is 0 Å². The predicted molar refractivity (Wildman–Crippen MR) is 32.0 cm³/mol. The molecule has 48 valence electrons. The molecule has 0 bridgehead atoms. The van der Waals surface area contributed by atoms with Crippen LogP contribution in [0.1, 0.15) is 11.4 Å². The van der Waals surface area contributed by atoms with Crippen molar-refractivity contribution in [1.82, 2.24) is 15.3 Å². The zero-order chi connectivity index (χ0) is 6.27. The Morgan fingerprint density at radius 1 is 1.11 bits per heavy atom. The molecule has 0 fully saturated rings. The van der Waals surface area contributed by atoms with E-state index in [-0.39, 0.29) is 5.69 Å². The fraction of sp³-hybridized carbons (Fsp3) is 0.400. The molecule has 0 saturated carbocycles. The third kappa shape index (κ3) is 0.598. The van der Waals surface area contributed by atoms with Gasteiger partial charge in [-0.15, -0.1) is 0 Å². The van der Waals surface area contributed by atoms with E-state index in [0.717, 1.165) is 24.5 Å². The second-order valence-corrected chi connectivity index (χ2v) is 2.14. The Hall–Kier alpha value is -1.03. The molecule has 0 spiro atoms. The summed E-state index contributed by atoms with van der Waals surface area (Å²) in [5.74, 6) is 0. The molecule has 0 radical (unpaired) electrons. The van der Waals surface area contributed by atoms with E-state index >= 15 is 0 Å². The molecule has 4 heteroatoms. The summed E-state index contributed by atoms with van der Waals surface area (Å²) in [6.45, 7) is 1.57. The van der Waals surface area contributed by atoms with Crippen LogP contribution in [-0.4, -0.2) is 9.97 Å². The van der Waals surface area contributed by atoms with Crippen LogP contribution in [-0.2, 0) is 13.1 Å². The second kappa shape index (κ2) is 1.48. The Kier molecular flexibility index (Phi) is 0.790. The van der Waals surface area contributed by atoms with Gasteiger partial charge in [-0.1, -0.05) is 0 Å². The standard InChI is InChI=1S/C5H7N3O/c9-5-7-3-1-6-2-4(3)8-5/h6H,1-2H2,(H2,7,8,9). The van der Waals surface area contributed by atoms with Gasteiger partial charge < -0.3 is 15.3 Å². The minimum Gasteiger partial charge on any atom is -0.308 e. The quantitative estimate of drug-likeness (QED) is 0.429. The van der Waals surface area contributed by atoms with Gasteiger partial charge in [0.25, 0.3) is 0 Å². The highest BCUT2D eigenvalue weighted by molar-refractivity contribution is 5.14. The summed E-state index contributed by atoms with van der Waals surface area (Å²) >= 11 is 0. The van der Waals surface area contributed by atoms with E-state index in [9.17, 15) is 4.79 Å². The van der Waals surface area contributed by atoms with Gasteiger partial charge in [-0.2, -0.15) is 0 Å². The highest BCUT2D eigenvalue weighted by Gasteiger charge is 2.11. The van der Waals surface area contributed by atoms with Crippen molar-refractivity contribution in [2.75, 3.05) is 0 Å². The van der Waals surface area contributed by atoms with Crippen LogP contribution < -0.4 is 11.0 Å². The Balaban J connectivity index is 2.64. The lowest BCUT2D eigenvalue weighted by molar-refractivity contribution is 0.739. The first-order chi connectivity index (χ1) is 4.36. The summed E-state index contributed by atoms with van der Waals surface area (Å²) in [6.07, 6.45) is 0. The number of nitrogens with one attached hydrogen (secondary N) is 3. The van der Waals surface area contributed by atoms with Gasteiger partial charge in [0, 0.05) is 13.1 Å². The van der Waals surface area contributed by atoms with Crippen molar-refractivity contribution in [3.63, 3.8) is 0 Å². The van der Waals surface area contributed by atoms with Gasteiger partial charge in [-0.25, -0.2) is 4.79 Å². The van der Waals surface area contributed by atoms with Crippen molar-refractivity contribution < 1.29 is 0 Å². The summed E-state index contributed by atoms with van der Waals surface area (Å²) in [6, 6.07) is 0. The maximum absolute atomic E-state index is 10.6. The minimum atomic E-state index is -0.0958. The topological polar surface area (TPSA) is 60.7 Å². The number of aromatic amines is 2. The lowest BCUT2D eigenvalue weighted by Crippen LogP contribution is -2.09. The van der Waals surface area contributed by atoms with E-state index in [4.69, 9.17) is 0 Å². The van der Waals surface area contributed by atoms with E-state index in [0.29, 0.717) is 0 Å². The van der Waals surface area contributed by atoms with Gasteiger partial charge in [-0.3, -0.25) is 0 Å². The van der Waals surface area contributed by atoms with Crippen molar-refractivity contribution in [2.45, 2.75) is 13.1 Å². The number of H-pyrrole nitrogens is 2. The number of imidazole rings is 1. The molecule has 2 rings (SSSR count). The summed E-state index contributed by atoms with van der Waals surface area (Å²) < 4.78 is 0. The van der Waals surface area contributed by atoms with Crippen molar-refractivity contribution in [1.29, 1.82) is 0 Å². The number of aromatic nitrogens is 2. The summed E-state index contributed by atoms with van der Waals surface area (Å²) in [4.78, 5) is 15.9. The molecular formula is C5H7N3O. The zero-order valence-corrected chi connectivity index (χ0v) is 4.82. The van der Waals surface area contributed by atoms with Crippen LogP contribution in [0.5, 0.6) is 0 Å². The molecule has 0 saturated heterocycles. The number of fused-ring (bicyclic) bond motifs is 1. The molecule has 0 atom stereocenters. The molecule has 0 amide bonds. The monoisotopic (exact) mass is 125 g/mol. The van der Waals surface area contributed by atoms with E-state index in [1.54, 1.807) is 0 Å². The van der Waals surface area contributed by atoms with Gasteiger partial charge in [-0.05, 0) is 0 Å². The maximum atomic E-state index is 10.6. The fourth-order valence-electron chi connectivity index (χ4n) is 1.07. The second-order valence-electron chi connectivity index (χ2n) is 2.14. The van der Waals surface area contributed by atoms with E-state index in [1.807, 2.05) is 0 Å². The average Bonchev–Trinajstić information content (AvgIpc) is 2.22. The largest absolute Gasteiger partial charge is 0.323 e. The molecule has 4 nitrogen and oxygen atoms in total. The van der Waals surface area contributed by atoms with E-state index in [1.165, 1.54) is 0 Å². The van der Waals surface area contributed by atoms with Gasteiger partial charge in [0.1, 0.15) is 0 Å². The molecule has 1 aromatic rings. The maximum Gasteiger partial charge on any atom is 0.323 e. The average molecular weight is 125 g/mol. The molecule has 0 aliphatic carbocycles. The van der Waals surface area contributed by atoms with Crippen LogP contribution >= 0.6 is 0 Å². The molecule has 9 heavy (non-hydrogen) atoms. The van der Waals surface area contributed by atoms with Crippen molar-refractivity contribution in [3.05, 3.63) is 21.9 Å². The fourth-order valence-corrected chi connectivity index (χ4v) is 1.07. The third-order valence-corrected chi connectivity index (χ3v) is 1.50. The molecule has 2 heterocycles. The number of rotatable bonds is 0. The summed E-state index contributed by atoms with van der Waals surface area (Å²) in [5, 5.41) is 3.09. The minimum absolute atomic E-state index is 0.0958. The molecule has 0 unspecified atom stereocenters. The molecule has 3 N–H and O–H groups in total. The Morgan fingerprint density at radius 3 is 2.22 bits per heavy atom. The Labute approximate surface area is 51.3 Å². The van der Waals surface area contributed by atoms with Gasteiger partial charge in [0.15, 0.2) is 0 Å². The normalized spacial score (nSPS) is 16.0. The Morgan fingerprint density at radius 2 is 1.67 bits per heavy atom. The number of hydrogen-bond acceptors (Lipinski definition) is 2. The molecule has 1 aliphatic heterocycles. The first-order valence-corrected chi connectivity index (χ1v) is 2.87. The highest BCUT2D eigenvalue weighted by atomic mass is 16.1. The van der Waals surface area contributed by atoms with Gasteiger partial charge in [0.05, 0.1) is 11.4 Å². The lowest BCUT2D eigenvalue weighted by atomic mass is 10.4. The smallest absolute Gasteiger partial charge is 0.308 e. The van der Waals surface area contributed by atoms with Crippen molar-refractivity contribution in [2.24, 2.45) is 0 Å². The van der Waals surface area contributed by atoms with Crippen LogP contribution in [0.2, 0.25) is 0 Å². The van der Waals surface area contributed by atoms with Crippen LogP contribution in [0.25, 0.3) is 0 Å². The first-order valence-electron chi connectivity index (χ1n) is 2.87. The summed E-state index contributed by atoms with van der Waals surface area (Å²) in [7, 11) is 0. The van der Waals surface area contributed by atoms with Crippen molar-refractivity contribution >= 4 is 0 Å². The van der Waals surface area contributed by atoms with Crippen LogP contribution in [0.4, 0.5) is 0 Å². The van der Waals surface area contributed by atoms with E-state index in [2.05, 4.69) is 15.3 Å². The van der Waals surface area contributed by atoms with Gasteiger partial charge in [0.2, 0.25) is 0 Å². The van der Waals surface area contributed by atoms with Crippen LogP contribution in [0.3, 0.4) is 0 Å². The highest BCUT2D eigenvalue weighted by Crippen LogP contribution is 2.05. The Bertz CT molecular complexity index is 247. The molecule has 1 aromatic heterocycles. The van der Waals surface area contributed by atoms with Gasteiger partial charge >= 0.3 is 5.69 Å². The van der Waals surface area contributed by atoms with Crippen LogP contribution in [0.15, 0.2) is 4.79 Å². The SMILES string of the molecule is O=c1[nH]c2c([nH]1)CNC2. The summed E-state index contributed by atoms with van der Waals surface area (Å²) in [5.41, 5.74) is 1.90.